The first-order chi connectivity index (χ1) is 14.2. The zero-order valence-corrected chi connectivity index (χ0v) is 17.5. The number of esters is 1. The summed E-state index contributed by atoms with van der Waals surface area (Å²) in [7, 11) is 1.43. The quantitative estimate of drug-likeness (QED) is 0.772. The number of fused-ring (bicyclic) bond motifs is 1. The van der Waals surface area contributed by atoms with Crippen LogP contribution in [0, 0.1) is 0 Å². The van der Waals surface area contributed by atoms with E-state index in [1.54, 1.807) is 0 Å². The first kappa shape index (κ1) is 20.2. The fourth-order valence-electron chi connectivity index (χ4n) is 5.12. The number of ether oxygens (including phenoxy) is 1. The van der Waals surface area contributed by atoms with Gasteiger partial charge in [-0.2, -0.15) is 0 Å². The Morgan fingerprint density at radius 1 is 1.14 bits per heavy atom. The molecule has 1 aromatic rings. The number of carbonyl (C=O) groups excluding carboxylic acids is 2. The van der Waals surface area contributed by atoms with Crippen LogP contribution in [-0.2, 0) is 22.4 Å². The number of nitrogens with one attached hydrogen (secondary N) is 1. The smallest absolute Gasteiger partial charge is 0.325 e. The van der Waals surface area contributed by atoms with E-state index >= 15 is 0 Å². The number of nitrogens with zero attached hydrogens (tertiary/aromatic N) is 2. The summed E-state index contributed by atoms with van der Waals surface area (Å²) in [5.41, 5.74) is 3.69. The SMILES string of the molecule is COC(=O)CCC1CN(C2CCCCC2)C(=O)N1c1ccc2c(c1)CCNCC2. The molecule has 1 aromatic carbocycles. The van der Waals surface area contributed by atoms with Gasteiger partial charge >= 0.3 is 12.0 Å². The molecule has 1 atom stereocenters. The molecule has 6 heteroatoms. The lowest BCUT2D eigenvalue weighted by Gasteiger charge is -2.30. The first-order valence-electron chi connectivity index (χ1n) is 11.2. The number of hydrogen-bond donors (Lipinski definition) is 1. The fraction of sp³-hybridized carbons (Fsp3) is 0.652. The molecule has 4 rings (SSSR count). The largest absolute Gasteiger partial charge is 0.469 e. The molecule has 2 amide bonds. The average Bonchev–Trinajstić information content (AvgIpc) is 2.92. The summed E-state index contributed by atoms with van der Waals surface area (Å²) in [6.07, 6.45) is 8.87. The highest BCUT2D eigenvalue weighted by molar-refractivity contribution is 5.95. The summed E-state index contributed by atoms with van der Waals surface area (Å²) >= 11 is 0. The maximum Gasteiger partial charge on any atom is 0.325 e. The minimum absolute atomic E-state index is 0.0190. The normalized spacial score (nSPS) is 23.1. The Kier molecular flexibility index (Phi) is 6.38. The van der Waals surface area contributed by atoms with Crippen molar-refractivity contribution in [2.45, 2.75) is 69.9 Å². The molecule has 1 saturated heterocycles. The first-order valence-corrected chi connectivity index (χ1v) is 11.2. The summed E-state index contributed by atoms with van der Waals surface area (Å²) < 4.78 is 4.85. The number of carbonyl (C=O) groups is 2. The highest BCUT2D eigenvalue weighted by atomic mass is 16.5. The molecule has 1 aliphatic carbocycles. The molecular weight excluding hydrogens is 366 g/mol. The van der Waals surface area contributed by atoms with Crippen LogP contribution >= 0.6 is 0 Å². The Morgan fingerprint density at radius 2 is 1.90 bits per heavy atom. The second-order valence-corrected chi connectivity index (χ2v) is 8.57. The van der Waals surface area contributed by atoms with Crippen LogP contribution in [0.1, 0.15) is 56.1 Å². The molecule has 2 fully saturated rings. The van der Waals surface area contributed by atoms with E-state index in [9.17, 15) is 9.59 Å². The van der Waals surface area contributed by atoms with Crippen molar-refractivity contribution in [2.75, 3.05) is 31.6 Å². The lowest BCUT2D eigenvalue weighted by atomic mass is 9.94. The molecule has 0 spiro atoms. The van der Waals surface area contributed by atoms with Gasteiger partial charge in [-0.3, -0.25) is 9.69 Å². The van der Waals surface area contributed by atoms with Gasteiger partial charge in [-0.1, -0.05) is 25.3 Å². The van der Waals surface area contributed by atoms with Crippen molar-refractivity contribution >= 4 is 17.7 Å². The molecule has 2 heterocycles. The topological polar surface area (TPSA) is 61.9 Å². The van der Waals surface area contributed by atoms with E-state index in [4.69, 9.17) is 4.74 Å². The Hall–Kier alpha value is -2.08. The van der Waals surface area contributed by atoms with Gasteiger partial charge in [0.15, 0.2) is 0 Å². The predicted octanol–water partition coefficient (Wildman–Crippen LogP) is 3.27. The highest BCUT2D eigenvalue weighted by Crippen LogP contribution is 2.34. The third kappa shape index (κ3) is 4.42. The lowest BCUT2D eigenvalue weighted by molar-refractivity contribution is -0.140. The molecule has 1 unspecified atom stereocenters. The van der Waals surface area contributed by atoms with Crippen molar-refractivity contribution in [1.29, 1.82) is 0 Å². The van der Waals surface area contributed by atoms with Crippen molar-refractivity contribution < 1.29 is 14.3 Å². The van der Waals surface area contributed by atoms with E-state index in [1.807, 2.05) is 4.90 Å². The van der Waals surface area contributed by atoms with Gasteiger partial charge in [-0.15, -0.1) is 0 Å². The number of urea groups is 1. The van der Waals surface area contributed by atoms with Crippen LogP contribution in [0.3, 0.4) is 0 Å². The second-order valence-electron chi connectivity index (χ2n) is 8.57. The Bertz CT molecular complexity index is 745. The maximum atomic E-state index is 13.5. The Balaban J connectivity index is 1.59. The third-order valence-corrected chi connectivity index (χ3v) is 6.76. The molecule has 0 aromatic heterocycles. The van der Waals surface area contributed by atoms with Crippen LogP contribution < -0.4 is 10.2 Å². The van der Waals surface area contributed by atoms with Crippen LogP contribution in [0.2, 0.25) is 0 Å². The molecule has 29 heavy (non-hydrogen) atoms. The van der Waals surface area contributed by atoms with Gasteiger partial charge in [0.25, 0.3) is 0 Å². The second kappa shape index (κ2) is 9.16. The molecule has 2 aliphatic heterocycles. The molecule has 1 N–H and O–H groups in total. The standard InChI is InChI=1S/C23H33N3O3/c1-29-22(27)10-9-21-16-25(19-5-3-2-4-6-19)23(28)26(21)20-8-7-17-11-13-24-14-12-18(17)15-20/h7-8,15,19,21,24H,2-6,9-14,16H2,1H3. The van der Waals surface area contributed by atoms with Crippen molar-refractivity contribution in [3.8, 4) is 0 Å². The van der Waals surface area contributed by atoms with Crippen LogP contribution in [-0.4, -0.2) is 55.7 Å². The van der Waals surface area contributed by atoms with Crippen molar-refractivity contribution in [1.82, 2.24) is 10.2 Å². The minimum Gasteiger partial charge on any atom is -0.469 e. The van der Waals surface area contributed by atoms with E-state index in [0.29, 0.717) is 25.4 Å². The molecular formula is C23H33N3O3. The van der Waals surface area contributed by atoms with Gasteiger partial charge in [0.05, 0.1) is 13.2 Å². The van der Waals surface area contributed by atoms with E-state index in [1.165, 1.54) is 37.5 Å². The zero-order valence-electron chi connectivity index (χ0n) is 17.5. The Labute approximate surface area is 173 Å². The van der Waals surface area contributed by atoms with E-state index < -0.39 is 0 Å². The van der Waals surface area contributed by atoms with Gasteiger partial charge < -0.3 is 15.0 Å². The molecule has 0 radical (unpaired) electrons. The number of amides is 2. The summed E-state index contributed by atoms with van der Waals surface area (Å²) in [6.45, 7) is 2.69. The average molecular weight is 400 g/mol. The van der Waals surface area contributed by atoms with Gasteiger partial charge in [-0.25, -0.2) is 4.79 Å². The number of anilines is 1. The molecule has 6 nitrogen and oxygen atoms in total. The summed E-state index contributed by atoms with van der Waals surface area (Å²) in [5.74, 6) is -0.207. The lowest BCUT2D eigenvalue weighted by Crippen LogP contribution is -2.40. The van der Waals surface area contributed by atoms with Gasteiger partial charge in [0.2, 0.25) is 0 Å². The van der Waals surface area contributed by atoms with Gasteiger partial charge in [0, 0.05) is 24.7 Å². The molecule has 1 saturated carbocycles. The summed E-state index contributed by atoms with van der Waals surface area (Å²) in [5, 5.41) is 3.45. The van der Waals surface area contributed by atoms with Gasteiger partial charge in [0.1, 0.15) is 0 Å². The maximum absolute atomic E-state index is 13.5. The predicted molar refractivity (Wildman–Crippen MR) is 113 cm³/mol. The number of benzene rings is 1. The van der Waals surface area contributed by atoms with Crippen LogP contribution in [0.25, 0.3) is 0 Å². The monoisotopic (exact) mass is 399 g/mol. The molecule has 158 valence electrons. The highest BCUT2D eigenvalue weighted by Gasteiger charge is 2.41. The molecule has 3 aliphatic rings. The zero-order chi connectivity index (χ0) is 20.2. The fourth-order valence-corrected chi connectivity index (χ4v) is 5.12. The van der Waals surface area contributed by atoms with Crippen molar-refractivity contribution in [3.05, 3.63) is 29.3 Å². The van der Waals surface area contributed by atoms with Gasteiger partial charge in [-0.05, 0) is 68.5 Å². The summed E-state index contributed by atoms with van der Waals surface area (Å²) in [4.78, 5) is 29.3. The molecule has 0 bridgehead atoms. The van der Waals surface area contributed by atoms with Crippen LogP contribution in [0.4, 0.5) is 10.5 Å². The van der Waals surface area contributed by atoms with Crippen LogP contribution in [0.5, 0.6) is 0 Å². The number of hydrogen-bond acceptors (Lipinski definition) is 4. The minimum atomic E-state index is -0.207. The van der Waals surface area contributed by atoms with Crippen LogP contribution in [0.15, 0.2) is 18.2 Å². The van der Waals surface area contributed by atoms with E-state index in [2.05, 4.69) is 28.4 Å². The summed E-state index contributed by atoms with van der Waals surface area (Å²) in [6, 6.07) is 6.95. The van der Waals surface area contributed by atoms with E-state index in [-0.39, 0.29) is 18.0 Å². The van der Waals surface area contributed by atoms with Crippen molar-refractivity contribution in [3.63, 3.8) is 0 Å². The number of methoxy groups -OCH3 is 1. The van der Waals surface area contributed by atoms with E-state index in [0.717, 1.165) is 44.5 Å². The third-order valence-electron chi connectivity index (χ3n) is 6.76. The Morgan fingerprint density at radius 3 is 2.66 bits per heavy atom. The van der Waals surface area contributed by atoms with Crippen molar-refractivity contribution in [2.24, 2.45) is 0 Å². The number of rotatable bonds is 5.